The molecule has 3 nitrogen and oxygen atoms in total. The highest BCUT2D eigenvalue weighted by Crippen LogP contribution is 2.23. The van der Waals surface area contributed by atoms with E-state index in [0.717, 1.165) is 19.3 Å². The lowest BCUT2D eigenvalue weighted by Crippen LogP contribution is -2.39. The maximum Gasteiger partial charge on any atom is 0.311 e. The van der Waals surface area contributed by atoms with Crippen molar-refractivity contribution in [2.24, 2.45) is 5.92 Å². The molecule has 1 saturated heterocycles. The summed E-state index contributed by atoms with van der Waals surface area (Å²) < 4.78 is 5.17. The minimum Gasteiger partial charge on any atom is -0.462 e. The molecule has 76 valence electrons. The number of esters is 1. The van der Waals surface area contributed by atoms with Crippen LogP contribution in [-0.4, -0.2) is 23.3 Å². The molecule has 0 amide bonds. The van der Waals surface area contributed by atoms with E-state index in [4.69, 9.17) is 4.74 Å². The van der Waals surface area contributed by atoms with Crippen molar-refractivity contribution in [2.45, 2.75) is 51.7 Å². The first-order chi connectivity index (χ1) is 6.15. The van der Waals surface area contributed by atoms with Crippen LogP contribution >= 0.6 is 0 Å². The summed E-state index contributed by atoms with van der Waals surface area (Å²) in [7, 11) is 0. The molecule has 3 heteroatoms. The first-order valence-electron chi connectivity index (χ1n) is 5.03. The number of carbonyl (C=O) groups excluding carboxylic acids is 1. The maximum atomic E-state index is 11.2. The molecule has 0 unspecified atom stereocenters. The molecule has 0 saturated carbocycles. The summed E-state index contributed by atoms with van der Waals surface area (Å²) in [5.74, 6) is -0.599. The van der Waals surface area contributed by atoms with Gasteiger partial charge in [-0.2, -0.15) is 0 Å². The van der Waals surface area contributed by atoms with E-state index in [2.05, 4.69) is 6.92 Å². The average molecular weight is 186 g/mol. The Morgan fingerprint density at radius 1 is 1.62 bits per heavy atom. The predicted molar refractivity (Wildman–Crippen MR) is 49.2 cm³/mol. The molecule has 1 heterocycles. The summed E-state index contributed by atoms with van der Waals surface area (Å²) in [6.07, 6.45) is 3.07. The van der Waals surface area contributed by atoms with Crippen LogP contribution in [0.15, 0.2) is 0 Å². The second-order valence-corrected chi connectivity index (χ2v) is 3.79. The third-order valence-corrected chi connectivity index (χ3v) is 2.62. The molecule has 0 radical (unpaired) electrons. The highest BCUT2D eigenvalue weighted by atomic mass is 16.5. The van der Waals surface area contributed by atoms with Crippen LogP contribution < -0.4 is 0 Å². The van der Waals surface area contributed by atoms with Crippen LogP contribution in [0, 0.1) is 5.92 Å². The van der Waals surface area contributed by atoms with E-state index < -0.39 is 6.10 Å². The Labute approximate surface area is 79.1 Å². The number of unbranched alkanes of at least 4 members (excludes halogenated alkanes) is 1. The SMILES string of the molecule is CCCC[C@@H]1C[C@@H](O)[C@@H](C)C(=O)O1. The molecule has 1 aliphatic heterocycles. The zero-order valence-electron chi connectivity index (χ0n) is 8.32. The number of carbonyl (C=O) groups is 1. The molecule has 0 aliphatic carbocycles. The summed E-state index contributed by atoms with van der Waals surface area (Å²) in [4.78, 5) is 11.2. The normalized spacial score (nSPS) is 34.4. The van der Waals surface area contributed by atoms with E-state index in [0.29, 0.717) is 6.42 Å². The zero-order valence-corrected chi connectivity index (χ0v) is 8.32. The van der Waals surface area contributed by atoms with E-state index in [1.165, 1.54) is 0 Å². The van der Waals surface area contributed by atoms with Crippen LogP contribution in [-0.2, 0) is 9.53 Å². The highest BCUT2D eigenvalue weighted by Gasteiger charge is 2.33. The smallest absolute Gasteiger partial charge is 0.311 e. The monoisotopic (exact) mass is 186 g/mol. The van der Waals surface area contributed by atoms with Gasteiger partial charge in [0.2, 0.25) is 0 Å². The van der Waals surface area contributed by atoms with Gasteiger partial charge in [0, 0.05) is 6.42 Å². The van der Waals surface area contributed by atoms with Gasteiger partial charge in [0.25, 0.3) is 0 Å². The van der Waals surface area contributed by atoms with Crippen LogP contribution in [0.2, 0.25) is 0 Å². The minimum atomic E-state index is -0.511. The molecular formula is C10H18O3. The zero-order chi connectivity index (χ0) is 9.84. The van der Waals surface area contributed by atoms with Crippen molar-refractivity contribution in [3.8, 4) is 0 Å². The second-order valence-electron chi connectivity index (χ2n) is 3.79. The van der Waals surface area contributed by atoms with Gasteiger partial charge >= 0.3 is 5.97 Å². The molecule has 1 aliphatic rings. The van der Waals surface area contributed by atoms with Crippen molar-refractivity contribution in [1.29, 1.82) is 0 Å². The Balaban J connectivity index is 2.39. The topological polar surface area (TPSA) is 46.5 Å². The molecule has 1 rings (SSSR count). The van der Waals surface area contributed by atoms with E-state index >= 15 is 0 Å². The number of cyclic esters (lactones) is 1. The van der Waals surface area contributed by atoms with Gasteiger partial charge in [0.05, 0.1) is 12.0 Å². The lowest BCUT2D eigenvalue weighted by molar-refractivity contribution is -0.168. The summed E-state index contributed by atoms with van der Waals surface area (Å²) in [5, 5.41) is 9.52. The Bertz CT molecular complexity index is 179. The van der Waals surface area contributed by atoms with Gasteiger partial charge in [-0.25, -0.2) is 0 Å². The van der Waals surface area contributed by atoms with Gasteiger partial charge in [0.15, 0.2) is 0 Å². The minimum absolute atomic E-state index is 0.0568. The summed E-state index contributed by atoms with van der Waals surface area (Å²) in [6.45, 7) is 3.81. The van der Waals surface area contributed by atoms with Gasteiger partial charge < -0.3 is 9.84 Å². The molecule has 1 fully saturated rings. The summed E-state index contributed by atoms with van der Waals surface area (Å²) in [6, 6.07) is 0. The fourth-order valence-electron chi connectivity index (χ4n) is 1.56. The molecule has 0 spiro atoms. The van der Waals surface area contributed by atoms with Crippen molar-refractivity contribution in [1.82, 2.24) is 0 Å². The molecular weight excluding hydrogens is 168 g/mol. The largest absolute Gasteiger partial charge is 0.462 e. The fourth-order valence-corrected chi connectivity index (χ4v) is 1.56. The van der Waals surface area contributed by atoms with Gasteiger partial charge in [-0.05, 0) is 13.3 Å². The van der Waals surface area contributed by atoms with E-state index in [-0.39, 0.29) is 18.0 Å². The number of aliphatic hydroxyl groups is 1. The lowest BCUT2D eigenvalue weighted by Gasteiger charge is -2.30. The van der Waals surface area contributed by atoms with Gasteiger partial charge in [-0.15, -0.1) is 0 Å². The summed E-state index contributed by atoms with van der Waals surface area (Å²) in [5.41, 5.74) is 0. The predicted octanol–water partition coefficient (Wildman–Crippen LogP) is 1.49. The Morgan fingerprint density at radius 3 is 2.85 bits per heavy atom. The van der Waals surface area contributed by atoms with E-state index in [1.54, 1.807) is 6.92 Å². The van der Waals surface area contributed by atoms with Gasteiger partial charge in [0.1, 0.15) is 6.10 Å². The van der Waals surface area contributed by atoms with Crippen molar-refractivity contribution in [2.75, 3.05) is 0 Å². The fraction of sp³-hybridized carbons (Fsp3) is 0.900. The first-order valence-corrected chi connectivity index (χ1v) is 5.03. The van der Waals surface area contributed by atoms with Gasteiger partial charge in [-0.3, -0.25) is 4.79 Å². The van der Waals surface area contributed by atoms with Crippen molar-refractivity contribution in [3.63, 3.8) is 0 Å². The number of aliphatic hydroxyl groups excluding tert-OH is 1. The Kier molecular flexibility index (Phi) is 3.72. The van der Waals surface area contributed by atoms with Crippen LogP contribution in [0.4, 0.5) is 0 Å². The van der Waals surface area contributed by atoms with Crippen LogP contribution in [0.25, 0.3) is 0 Å². The van der Waals surface area contributed by atoms with Crippen molar-refractivity contribution >= 4 is 5.97 Å². The van der Waals surface area contributed by atoms with E-state index in [9.17, 15) is 9.90 Å². The molecule has 0 aromatic rings. The molecule has 13 heavy (non-hydrogen) atoms. The second kappa shape index (κ2) is 4.61. The van der Waals surface area contributed by atoms with Crippen molar-refractivity contribution < 1.29 is 14.6 Å². The quantitative estimate of drug-likeness (QED) is 0.679. The standard InChI is InChI=1S/C10H18O3/c1-3-4-5-8-6-9(11)7(2)10(12)13-8/h7-9,11H,3-6H2,1-2H3/t7-,8-,9-/m1/s1. The third-order valence-electron chi connectivity index (χ3n) is 2.62. The maximum absolute atomic E-state index is 11.2. The van der Waals surface area contributed by atoms with Crippen LogP contribution in [0.5, 0.6) is 0 Å². The molecule has 0 bridgehead atoms. The van der Waals surface area contributed by atoms with E-state index in [1.807, 2.05) is 0 Å². The Morgan fingerprint density at radius 2 is 2.31 bits per heavy atom. The van der Waals surface area contributed by atoms with Crippen LogP contribution in [0.1, 0.15) is 39.5 Å². The number of hydrogen-bond acceptors (Lipinski definition) is 3. The van der Waals surface area contributed by atoms with Crippen molar-refractivity contribution in [3.05, 3.63) is 0 Å². The first kappa shape index (κ1) is 10.5. The summed E-state index contributed by atoms with van der Waals surface area (Å²) >= 11 is 0. The van der Waals surface area contributed by atoms with Gasteiger partial charge in [-0.1, -0.05) is 19.8 Å². The molecule has 0 aromatic heterocycles. The lowest BCUT2D eigenvalue weighted by atomic mass is 9.94. The highest BCUT2D eigenvalue weighted by molar-refractivity contribution is 5.73. The molecule has 0 aromatic carbocycles. The number of ether oxygens (including phenoxy) is 1. The third kappa shape index (κ3) is 2.69. The van der Waals surface area contributed by atoms with Crippen LogP contribution in [0.3, 0.4) is 0 Å². The molecule has 3 atom stereocenters. The average Bonchev–Trinajstić information content (AvgIpc) is 2.10. The molecule has 1 N–H and O–H groups in total. The Hall–Kier alpha value is -0.570. The number of rotatable bonds is 3. The number of hydrogen-bond donors (Lipinski definition) is 1.